The Balaban J connectivity index is 2.57. The van der Waals surface area contributed by atoms with Gasteiger partial charge < -0.3 is 4.74 Å². The van der Waals surface area contributed by atoms with E-state index < -0.39 is 10.0 Å². The quantitative estimate of drug-likeness (QED) is 0.623. The number of nitrogens with zero attached hydrogens (tertiary/aromatic N) is 1. The summed E-state index contributed by atoms with van der Waals surface area (Å²) in [6.45, 7) is 1.34. The Morgan fingerprint density at radius 2 is 1.83 bits per heavy atom. The molecule has 12 heavy (non-hydrogen) atoms. The lowest BCUT2D eigenvalue weighted by Gasteiger charge is -2.29. The molecule has 0 amide bonds. The fourth-order valence-electron chi connectivity index (χ4n) is 1.32. The van der Waals surface area contributed by atoms with Crippen LogP contribution in [0.2, 0.25) is 0 Å². The maximum atomic E-state index is 11.1. The zero-order chi connectivity index (χ0) is 9.19. The molecule has 72 valence electrons. The second-order valence-electron chi connectivity index (χ2n) is 3.12. The zero-order valence-electron chi connectivity index (χ0n) is 7.49. The molecule has 4 nitrogen and oxygen atoms in total. The predicted molar refractivity (Wildman–Crippen MR) is 46.4 cm³/mol. The van der Waals surface area contributed by atoms with Crippen LogP contribution in [-0.2, 0) is 14.8 Å². The number of rotatable bonds is 2. The Hall–Kier alpha value is -0.130. The molecular weight excluding hydrogens is 178 g/mol. The predicted octanol–water partition coefficient (Wildman–Crippen LogP) is 0.0568. The summed E-state index contributed by atoms with van der Waals surface area (Å²) in [7, 11) is -1.39. The molecule has 1 heterocycles. The van der Waals surface area contributed by atoms with Gasteiger partial charge in [0.15, 0.2) is 0 Å². The van der Waals surface area contributed by atoms with Crippen LogP contribution >= 0.6 is 0 Å². The number of ether oxygens (including phenoxy) is 1. The van der Waals surface area contributed by atoms with Crippen molar-refractivity contribution in [3.8, 4) is 0 Å². The van der Waals surface area contributed by atoms with Crippen LogP contribution in [0.15, 0.2) is 0 Å². The van der Waals surface area contributed by atoms with Gasteiger partial charge in [-0.25, -0.2) is 12.7 Å². The van der Waals surface area contributed by atoms with Crippen LogP contribution in [0.1, 0.15) is 12.8 Å². The van der Waals surface area contributed by atoms with Crippen LogP contribution in [0.5, 0.6) is 0 Å². The average Bonchev–Trinajstić information content (AvgIpc) is 2.03. The van der Waals surface area contributed by atoms with Crippen molar-refractivity contribution >= 4 is 10.0 Å². The molecule has 1 aliphatic rings. The van der Waals surface area contributed by atoms with Gasteiger partial charge >= 0.3 is 0 Å². The van der Waals surface area contributed by atoms with Crippen molar-refractivity contribution in [2.24, 2.45) is 0 Å². The Labute approximate surface area is 73.6 Å². The smallest absolute Gasteiger partial charge is 0.211 e. The van der Waals surface area contributed by atoms with E-state index in [9.17, 15) is 8.42 Å². The molecule has 1 aliphatic heterocycles. The highest BCUT2D eigenvalue weighted by Gasteiger charge is 2.24. The minimum absolute atomic E-state index is 0.133. The van der Waals surface area contributed by atoms with Crippen LogP contribution in [0.3, 0.4) is 0 Å². The fraction of sp³-hybridized carbons (Fsp3) is 1.00. The average molecular weight is 193 g/mol. The minimum Gasteiger partial charge on any atom is -0.381 e. The summed E-state index contributed by atoms with van der Waals surface area (Å²) in [6, 6.07) is 0.133. The van der Waals surface area contributed by atoms with E-state index in [1.54, 1.807) is 7.05 Å². The van der Waals surface area contributed by atoms with Gasteiger partial charge in [0.1, 0.15) is 0 Å². The molecule has 1 saturated heterocycles. The topological polar surface area (TPSA) is 46.6 Å². The fourth-order valence-corrected chi connectivity index (χ4v) is 2.07. The highest BCUT2D eigenvalue weighted by Crippen LogP contribution is 2.14. The normalized spacial score (nSPS) is 21.6. The molecule has 1 rings (SSSR count). The zero-order valence-corrected chi connectivity index (χ0v) is 8.30. The highest BCUT2D eigenvalue weighted by atomic mass is 32.2. The van der Waals surface area contributed by atoms with Gasteiger partial charge in [0.05, 0.1) is 6.26 Å². The third kappa shape index (κ3) is 2.43. The Morgan fingerprint density at radius 3 is 2.25 bits per heavy atom. The van der Waals surface area contributed by atoms with Gasteiger partial charge in [0.2, 0.25) is 10.0 Å². The van der Waals surface area contributed by atoms with Gasteiger partial charge in [-0.1, -0.05) is 0 Å². The third-order valence-corrected chi connectivity index (χ3v) is 3.57. The van der Waals surface area contributed by atoms with E-state index >= 15 is 0 Å². The SMILES string of the molecule is CN(C1CCOCC1)S(C)(=O)=O. The number of sulfonamides is 1. The van der Waals surface area contributed by atoms with E-state index in [1.165, 1.54) is 10.6 Å². The molecule has 0 saturated carbocycles. The molecule has 1 fully saturated rings. The van der Waals surface area contributed by atoms with Crippen LogP contribution in [0.25, 0.3) is 0 Å². The second kappa shape index (κ2) is 3.72. The molecule has 0 spiro atoms. The molecule has 0 unspecified atom stereocenters. The van der Waals surface area contributed by atoms with Crippen molar-refractivity contribution in [3.05, 3.63) is 0 Å². The molecule has 0 aromatic carbocycles. The maximum Gasteiger partial charge on any atom is 0.211 e. The van der Waals surface area contributed by atoms with E-state index in [4.69, 9.17) is 4.74 Å². The van der Waals surface area contributed by atoms with Crippen molar-refractivity contribution in [1.29, 1.82) is 0 Å². The molecule has 0 bridgehead atoms. The Bertz CT molecular complexity index is 231. The van der Waals surface area contributed by atoms with Crippen molar-refractivity contribution in [2.45, 2.75) is 18.9 Å². The summed E-state index contributed by atoms with van der Waals surface area (Å²) < 4.78 is 28.8. The van der Waals surface area contributed by atoms with Crippen LogP contribution in [0.4, 0.5) is 0 Å². The molecule has 5 heteroatoms. The first-order valence-corrected chi connectivity index (χ1v) is 5.87. The van der Waals surface area contributed by atoms with Gasteiger partial charge in [-0.05, 0) is 12.8 Å². The Morgan fingerprint density at radius 1 is 1.33 bits per heavy atom. The molecule has 0 N–H and O–H groups in total. The van der Waals surface area contributed by atoms with Gasteiger partial charge in [-0.15, -0.1) is 0 Å². The summed E-state index contributed by atoms with van der Waals surface area (Å²) in [6.07, 6.45) is 2.86. The number of hydrogen-bond donors (Lipinski definition) is 0. The summed E-state index contributed by atoms with van der Waals surface area (Å²) in [5.74, 6) is 0. The number of hydrogen-bond acceptors (Lipinski definition) is 3. The first-order chi connectivity index (χ1) is 5.52. The van der Waals surface area contributed by atoms with E-state index in [0.717, 1.165) is 12.8 Å². The summed E-state index contributed by atoms with van der Waals surface area (Å²) >= 11 is 0. The van der Waals surface area contributed by atoms with E-state index in [1.807, 2.05) is 0 Å². The lowest BCUT2D eigenvalue weighted by atomic mass is 10.1. The lowest BCUT2D eigenvalue weighted by molar-refractivity contribution is 0.0633. The largest absolute Gasteiger partial charge is 0.381 e. The summed E-state index contributed by atoms with van der Waals surface area (Å²) in [4.78, 5) is 0. The van der Waals surface area contributed by atoms with Gasteiger partial charge in [-0.2, -0.15) is 0 Å². The molecule has 0 radical (unpaired) electrons. The van der Waals surface area contributed by atoms with Crippen molar-refractivity contribution in [1.82, 2.24) is 4.31 Å². The monoisotopic (exact) mass is 193 g/mol. The highest BCUT2D eigenvalue weighted by molar-refractivity contribution is 7.88. The van der Waals surface area contributed by atoms with Gasteiger partial charge in [0, 0.05) is 26.3 Å². The molecule has 0 aliphatic carbocycles. The summed E-state index contributed by atoms with van der Waals surface area (Å²) in [5.41, 5.74) is 0. The van der Waals surface area contributed by atoms with Crippen LogP contribution in [0, 0.1) is 0 Å². The van der Waals surface area contributed by atoms with Crippen molar-refractivity contribution < 1.29 is 13.2 Å². The van der Waals surface area contributed by atoms with Crippen molar-refractivity contribution in [2.75, 3.05) is 26.5 Å². The van der Waals surface area contributed by atoms with E-state index in [0.29, 0.717) is 13.2 Å². The lowest BCUT2D eigenvalue weighted by Crippen LogP contribution is -2.39. The molecule has 0 atom stereocenters. The molecular formula is C7H15NO3S. The van der Waals surface area contributed by atoms with E-state index in [-0.39, 0.29) is 6.04 Å². The maximum absolute atomic E-state index is 11.1. The van der Waals surface area contributed by atoms with Crippen molar-refractivity contribution in [3.63, 3.8) is 0 Å². The standard InChI is InChI=1S/C7H15NO3S/c1-8(12(2,9)10)7-3-5-11-6-4-7/h7H,3-6H2,1-2H3. The second-order valence-corrected chi connectivity index (χ2v) is 5.16. The first-order valence-electron chi connectivity index (χ1n) is 4.02. The van der Waals surface area contributed by atoms with Crippen LogP contribution < -0.4 is 0 Å². The summed E-state index contributed by atoms with van der Waals surface area (Å²) in [5, 5.41) is 0. The van der Waals surface area contributed by atoms with Gasteiger partial charge in [0.25, 0.3) is 0 Å². The first kappa shape index (κ1) is 9.95. The van der Waals surface area contributed by atoms with Crippen LogP contribution in [-0.4, -0.2) is 45.3 Å². The minimum atomic E-state index is -3.02. The third-order valence-electron chi connectivity index (χ3n) is 2.23. The Kier molecular flexibility index (Phi) is 3.09. The van der Waals surface area contributed by atoms with Gasteiger partial charge in [-0.3, -0.25) is 0 Å². The molecule has 0 aromatic rings. The van der Waals surface area contributed by atoms with E-state index in [2.05, 4.69) is 0 Å². The molecule has 0 aromatic heterocycles.